The number of ether oxygens (including phenoxy) is 2. The molecule has 1 atom stereocenters. The number of unbranched alkanes of at least 4 members (excludes halogenated alkanes) is 2. The topological polar surface area (TPSA) is 35.5 Å². The normalized spacial score (nSPS) is 15.4. The maximum Gasteiger partial charge on any atom is 0.306 e. The molecule has 3 nitrogen and oxygen atoms in total. The Labute approximate surface area is 149 Å². The van der Waals surface area contributed by atoms with E-state index < -0.39 is 0 Å². The van der Waals surface area contributed by atoms with E-state index in [2.05, 4.69) is 26.0 Å². The lowest BCUT2D eigenvalue weighted by molar-refractivity contribution is -0.147. The summed E-state index contributed by atoms with van der Waals surface area (Å²) >= 11 is 0. The van der Waals surface area contributed by atoms with Crippen molar-refractivity contribution >= 4 is 22.8 Å². The zero-order chi connectivity index (χ0) is 17.6. The van der Waals surface area contributed by atoms with Gasteiger partial charge in [-0.15, -0.1) is 0 Å². The fourth-order valence-corrected chi connectivity index (χ4v) is 3.18. The highest BCUT2D eigenvalue weighted by Crippen LogP contribution is 2.39. The van der Waals surface area contributed by atoms with Crippen LogP contribution >= 0.6 is 0 Å². The lowest BCUT2D eigenvalue weighted by Crippen LogP contribution is -2.12. The largest absolute Gasteiger partial charge is 0.493 e. The van der Waals surface area contributed by atoms with Gasteiger partial charge in [-0.1, -0.05) is 57.0 Å². The number of benzene rings is 2. The van der Waals surface area contributed by atoms with Crippen LogP contribution in [-0.4, -0.2) is 12.6 Å². The van der Waals surface area contributed by atoms with Gasteiger partial charge in [-0.3, -0.25) is 4.79 Å². The molecule has 0 spiro atoms. The molecular formula is C22H26O3. The van der Waals surface area contributed by atoms with Gasteiger partial charge >= 0.3 is 5.97 Å². The lowest BCUT2D eigenvalue weighted by atomic mass is 9.91. The molecule has 0 N–H and O–H groups in total. The molecule has 2 aromatic carbocycles. The molecular weight excluding hydrogens is 312 g/mol. The SMILES string of the molecule is CCCCOc1ccc2cccc3c2c1C=CC3OC(=O)CCCC. The molecule has 0 radical (unpaired) electrons. The Morgan fingerprint density at radius 3 is 2.72 bits per heavy atom. The smallest absolute Gasteiger partial charge is 0.306 e. The summed E-state index contributed by atoms with van der Waals surface area (Å²) in [5.74, 6) is 0.771. The van der Waals surface area contributed by atoms with Crippen molar-refractivity contribution in [2.45, 2.75) is 52.1 Å². The molecule has 1 aliphatic carbocycles. The number of esters is 1. The second kappa shape index (κ2) is 8.19. The fourth-order valence-electron chi connectivity index (χ4n) is 3.18. The molecule has 0 fully saturated rings. The summed E-state index contributed by atoms with van der Waals surface area (Å²) in [4.78, 5) is 12.1. The maximum absolute atomic E-state index is 12.1. The highest BCUT2D eigenvalue weighted by atomic mass is 16.5. The first kappa shape index (κ1) is 17.5. The second-order valence-corrected chi connectivity index (χ2v) is 6.50. The molecule has 3 heteroatoms. The van der Waals surface area contributed by atoms with Gasteiger partial charge in [0.1, 0.15) is 11.9 Å². The zero-order valence-corrected chi connectivity index (χ0v) is 15.1. The highest BCUT2D eigenvalue weighted by Gasteiger charge is 2.22. The van der Waals surface area contributed by atoms with Crippen LogP contribution in [-0.2, 0) is 9.53 Å². The number of rotatable bonds is 8. The van der Waals surface area contributed by atoms with Crippen molar-refractivity contribution in [3.63, 3.8) is 0 Å². The van der Waals surface area contributed by atoms with Crippen LogP contribution in [0.15, 0.2) is 36.4 Å². The third-order valence-electron chi connectivity index (χ3n) is 4.57. The quantitative estimate of drug-likeness (QED) is 0.449. The minimum absolute atomic E-state index is 0.132. The predicted molar refractivity (Wildman–Crippen MR) is 102 cm³/mol. The van der Waals surface area contributed by atoms with E-state index >= 15 is 0 Å². The molecule has 1 aliphatic rings. The minimum atomic E-state index is -0.313. The molecule has 132 valence electrons. The molecule has 0 aliphatic heterocycles. The van der Waals surface area contributed by atoms with Crippen LogP contribution in [0.3, 0.4) is 0 Å². The van der Waals surface area contributed by atoms with Crippen LogP contribution in [0.1, 0.15) is 63.2 Å². The summed E-state index contributed by atoms with van der Waals surface area (Å²) in [6.07, 6.45) is 8.18. The summed E-state index contributed by atoms with van der Waals surface area (Å²) in [7, 11) is 0. The third-order valence-corrected chi connectivity index (χ3v) is 4.57. The predicted octanol–water partition coefficient (Wildman–Crippen LogP) is 5.82. The van der Waals surface area contributed by atoms with Gasteiger partial charge in [-0.05, 0) is 35.8 Å². The fraction of sp³-hybridized carbons (Fsp3) is 0.409. The van der Waals surface area contributed by atoms with Crippen LogP contribution in [0.25, 0.3) is 16.8 Å². The minimum Gasteiger partial charge on any atom is -0.493 e. The van der Waals surface area contributed by atoms with E-state index in [1.807, 2.05) is 30.4 Å². The molecule has 0 saturated heterocycles. The summed E-state index contributed by atoms with van der Waals surface area (Å²) in [5.41, 5.74) is 2.13. The first-order chi connectivity index (χ1) is 12.2. The molecule has 25 heavy (non-hydrogen) atoms. The Bertz CT molecular complexity index is 776. The standard InChI is InChI=1S/C22H26O3/c1-3-5-10-21(23)25-20-14-12-18-19(24-15-6-4-2)13-11-16-8-7-9-17(20)22(16)18/h7-9,11-14,20H,3-6,10,15H2,1-2H3. The van der Waals surface area contributed by atoms with Crippen molar-refractivity contribution < 1.29 is 14.3 Å². The Morgan fingerprint density at radius 1 is 1.08 bits per heavy atom. The van der Waals surface area contributed by atoms with E-state index in [0.29, 0.717) is 6.42 Å². The molecule has 2 aromatic rings. The van der Waals surface area contributed by atoms with Gasteiger partial charge in [0.2, 0.25) is 0 Å². The maximum atomic E-state index is 12.1. The van der Waals surface area contributed by atoms with Crippen molar-refractivity contribution in [2.24, 2.45) is 0 Å². The van der Waals surface area contributed by atoms with Crippen molar-refractivity contribution in [3.05, 3.63) is 47.5 Å². The second-order valence-electron chi connectivity index (χ2n) is 6.50. The number of carbonyl (C=O) groups is 1. The molecule has 0 amide bonds. The van der Waals surface area contributed by atoms with Gasteiger partial charge < -0.3 is 9.47 Å². The van der Waals surface area contributed by atoms with Gasteiger partial charge in [-0.25, -0.2) is 0 Å². The Morgan fingerprint density at radius 2 is 1.92 bits per heavy atom. The van der Waals surface area contributed by atoms with E-state index in [0.717, 1.165) is 59.9 Å². The van der Waals surface area contributed by atoms with Crippen LogP contribution in [0, 0.1) is 0 Å². The van der Waals surface area contributed by atoms with Gasteiger partial charge in [0, 0.05) is 17.5 Å². The van der Waals surface area contributed by atoms with Gasteiger partial charge in [0.15, 0.2) is 0 Å². The van der Waals surface area contributed by atoms with Crippen molar-refractivity contribution in [1.82, 2.24) is 0 Å². The van der Waals surface area contributed by atoms with Gasteiger partial charge in [-0.2, -0.15) is 0 Å². The van der Waals surface area contributed by atoms with Crippen LogP contribution in [0.5, 0.6) is 5.75 Å². The van der Waals surface area contributed by atoms with Crippen LogP contribution < -0.4 is 4.74 Å². The van der Waals surface area contributed by atoms with E-state index in [1.165, 1.54) is 0 Å². The molecule has 0 bridgehead atoms. The Kier molecular flexibility index (Phi) is 5.75. The zero-order valence-electron chi connectivity index (χ0n) is 15.1. The number of carbonyl (C=O) groups excluding carboxylic acids is 1. The summed E-state index contributed by atoms with van der Waals surface area (Å²) < 4.78 is 11.7. The van der Waals surface area contributed by atoms with Gasteiger partial charge in [0.05, 0.1) is 6.61 Å². The van der Waals surface area contributed by atoms with Crippen LogP contribution in [0.2, 0.25) is 0 Å². The van der Waals surface area contributed by atoms with E-state index in [9.17, 15) is 4.79 Å². The average molecular weight is 338 g/mol. The lowest BCUT2D eigenvalue weighted by Gasteiger charge is -2.23. The third kappa shape index (κ3) is 3.87. The van der Waals surface area contributed by atoms with Gasteiger partial charge in [0.25, 0.3) is 0 Å². The van der Waals surface area contributed by atoms with Crippen LogP contribution in [0.4, 0.5) is 0 Å². The first-order valence-electron chi connectivity index (χ1n) is 9.30. The summed E-state index contributed by atoms with van der Waals surface area (Å²) in [6, 6.07) is 10.3. The van der Waals surface area contributed by atoms with E-state index in [4.69, 9.17) is 9.47 Å². The van der Waals surface area contributed by atoms with Crippen molar-refractivity contribution in [2.75, 3.05) is 6.61 Å². The molecule has 1 unspecified atom stereocenters. The number of hydrogen-bond acceptors (Lipinski definition) is 3. The molecule has 0 aromatic heterocycles. The summed E-state index contributed by atoms with van der Waals surface area (Å²) in [6.45, 7) is 4.95. The van der Waals surface area contributed by atoms with E-state index in [1.54, 1.807) is 0 Å². The summed E-state index contributed by atoms with van der Waals surface area (Å²) in [5, 5.41) is 2.28. The van der Waals surface area contributed by atoms with Crippen molar-refractivity contribution in [3.8, 4) is 5.75 Å². The monoisotopic (exact) mass is 338 g/mol. The average Bonchev–Trinajstić information content (AvgIpc) is 2.63. The van der Waals surface area contributed by atoms with Crippen molar-refractivity contribution in [1.29, 1.82) is 0 Å². The highest BCUT2D eigenvalue weighted by molar-refractivity contribution is 5.97. The molecule has 3 rings (SSSR count). The molecule has 0 heterocycles. The Balaban J connectivity index is 1.90. The first-order valence-corrected chi connectivity index (χ1v) is 9.30. The number of hydrogen-bond donors (Lipinski definition) is 0. The molecule has 0 saturated carbocycles. The Hall–Kier alpha value is -2.29. The van der Waals surface area contributed by atoms with E-state index in [-0.39, 0.29) is 12.1 Å².